The number of anilines is 1. The van der Waals surface area contributed by atoms with Gasteiger partial charge in [-0.25, -0.2) is 0 Å². The maximum Gasteiger partial charge on any atom is 0.203 e. The molecule has 3 unspecified atom stereocenters. The van der Waals surface area contributed by atoms with E-state index in [0.717, 1.165) is 11.3 Å². The largest absolute Gasteiger partial charge is 0.493 e. The van der Waals surface area contributed by atoms with Gasteiger partial charge in [0.1, 0.15) is 5.41 Å². The van der Waals surface area contributed by atoms with E-state index in [2.05, 4.69) is 0 Å². The third kappa shape index (κ3) is 2.87. The summed E-state index contributed by atoms with van der Waals surface area (Å²) in [5.41, 5.74) is 1.42. The first-order chi connectivity index (χ1) is 18.4. The van der Waals surface area contributed by atoms with Crippen molar-refractivity contribution in [3.05, 3.63) is 89.0 Å². The molecular weight excluding hydrogens is 482 g/mol. The highest BCUT2D eigenvalue weighted by Crippen LogP contribution is 2.62. The number of rotatable bonds is 5. The van der Waals surface area contributed by atoms with Gasteiger partial charge in [0, 0.05) is 28.3 Å². The van der Waals surface area contributed by atoms with Crippen LogP contribution in [0.15, 0.2) is 66.7 Å². The Balaban J connectivity index is 1.72. The molecule has 0 radical (unpaired) electrons. The van der Waals surface area contributed by atoms with Crippen molar-refractivity contribution in [2.45, 2.75) is 24.9 Å². The predicted molar refractivity (Wildman–Crippen MR) is 143 cm³/mol. The molecular formula is C31H27NO6. The fraction of sp³-hybridized carbons (Fsp3) is 0.258. The first kappa shape index (κ1) is 24.0. The van der Waals surface area contributed by atoms with E-state index in [-0.39, 0.29) is 17.3 Å². The molecule has 7 nitrogen and oxygen atoms in total. The van der Waals surface area contributed by atoms with E-state index in [0.29, 0.717) is 33.9 Å². The Kier molecular flexibility index (Phi) is 5.42. The minimum absolute atomic E-state index is 0.157. The van der Waals surface area contributed by atoms with Crippen molar-refractivity contribution in [2.24, 2.45) is 5.41 Å². The van der Waals surface area contributed by atoms with E-state index in [9.17, 15) is 14.4 Å². The van der Waals surface area contributed by atoms with Crippen molar-refractivity contribution in [2.75, 3.05) is 26.2 Å². The van der Waals surface area contributed by atoms with Crippen molar-refractivity contribution in [3.63, 3.8) is 0 Å². The fourth-order valence-electron chi connectivity index (χ4n) is 6.78. The average molecular weight is 510 g/mol. The molecule has 1 spiro atoms. The van der Waals surface area contributed by atoms with Crippen molar-refractivity contribution in [3.8, 4) is 17.2 Å². The predicted octanol–water partition coefficient (Wildman–Crippen LogP) is 4.73. The van der Waals surface area contributed by atoms with Crippen LogP contribution in [0.1, 0.15) is 44.7 Å². The van der Waals surface area contributed by atoms with Gasteiger partial charge in [0.25, 0.3) is 0 Å². The summed E-state index contributed by atoms with van der Waals surface area (Å²) < 4.78 is 17.0. The second-order valence-corrected chi connectivity index (χ2v) is 9.80. The second-order valence-electron chi connectivity index (χ2n) is 9.80. The monoisotopic (exact) mass is 509 g/mol. The molecule has 38 heavy (non-hydrogen) atoms. The lowest BCUT2D eigenvalue weighted by Crippen LogP contribution is -2.48. The Bertz CT molecular complexity index is 1500. The summed E-state index contributed by atoms with van der Waals surface area (Å²) in [6.07, 6.45) is 3.83. The van der Waals surface area contributed by atoms with Crippen LogP contribution in [0.4, 0.5) is 5.69 Å². The van der Waals surface area contributed by atoms with Crippen LogP contribution in [0.25, 0.3) is 6.08 Å². The van der Waals surface area contributed by atoms with Crippen LogP contribution in [0.5, 0.6) is 17.2 Å². The summed E-state index contributed by atoms with van der Waals surface area (Å²) in [6.45, 7) is 1.51. The number of carbonyl (C=O) groups is 3. The van der Waals surface area contributed by atoms with E-state index >= 15 is 0 Å². The van der Waals surface area contributed by atoms with Crippen molar-refractivity contribution in [1.82, 2.24) is 0 Å². The number of carbonyl (C=O) groups excluding carboxylic acids is 3. The van der Waals surface area contributed by atoms with E-state index in [1.54, 1.807) is 36.4 Å². The molecule has 3 aliphatic rings. The normalized spacial score (nSPS) is 22.2. The maximum atomic E-state index is 14.5. The quantitative estimate of drug-likeness (QED) is 0.460. The summed E-state index contributed by atoms with van der Waals surface area (Å²) >= 11 is 0. The minimum atomic E-state index is -1.59. The molecule has 7 heteroatoms. The van der Waals surface area contributed by atoms with Crippen LogP contribution < -0.4 is 19.1 Å². The number of methoxy groups -OCH3 is 3. The van der Waals surface area contributed by atoms with Crippen LogP contribution in [0.2, 0.25) is 0 Å². The van der Waals surface area contributed by atoms with Gasteiger partial charge in [-0.3, -0.25) is 14.4 Å². The van der Waals surface area contributed by atoms with Crippen LogP contribution >= 0.6 is 0 Å². The highest BCUT2D eigenvalue weighted by molar-refractivity contribution is 6.32. The molecule has 0 aromatic heterocycles. The molecule has 0 amide bonds. The molecule has 0 N–H and O–H groups in total. The van der Waals surface area contributed by atoms with Crippen molar-refractivity contribution < 1.29 is 28.6 Å². The van der Waals surface area contributed by atoms with Gasteiger partial charge in [0.05, 0.1) is 33.4 Å². The van der Waals surface area contributed by atoms with E-state index in [1.165, 1.54) is 28.3 Å². The molecule has 192 valence electrons. The molecule has 0 saturated carbocycles. The maximum absolute atomic E-state index is 14.5. The average Bonchev–Trinajstić information content (AvgIpc) is 3.38. The zero-order valence-electron chi connectivity index (χ0n) is 21.6. The Hall–Kier alpha value is -4.39. The molecule has 1 aliphatic carbocycles. The van der Waals surface area contributed by atoms with Gasteiger partial charge in [-0.1, -0.05) is 60.7 Å². The Morgan fingerprint density at radius 2 is 1.45 bits per heavy atom. The van der Waals surface area contributed by atoms with E-state index in [1.807, 2.05) is 41.3 Å². The highest BCUT2D eigenvalue weighted by Gasteiger charge is 2.71. The van der Waals surface area contributed by atoms with E-state index < -0.39 is 23.4 Å². The standard InChI is InChI=1S/C31H27NO6/c1-17(33)26-25(21-14-15-23(36-2)28(38-4)27(21)37-3)31(29(34)19-10-6-7-11-20(19)30(31)35)24-16-13-18-9-5-8-12-22(18)32(24)26/h5-16,24-26H,1-4H3. The summed E-state index contributed by atoms with van der Waals surface area (Å²) in [5, 5.41) is 0. The molecule has 3 aromatic carbocycles. The van der Waals surface area contributed by atoms with Crippen LogP contribution in [0.3, 0.4) is 0 Å². The molecule has 1 saturated heterocycles. The SMILES string of the molecule is COc1ccc(C2C(C(C)=O)N3c4ccccc4C=CC3C23C(=O)c2ccccc2C3=O)c(OC)c1OC. The van der Waals surface area contributed by atoms with Gasteiger partial charge < -0.3 is 19.1 Å². The van der Waals surface area contributed by atoms with Crippen LogP contribution in [-0.2, 0) is 4.79 Å². The summed E-state index contributed by atoms with van der Waals surface area (Å²) in [6, 6.07) is 16.6. The number of hydrogen-bond acceptors (Lipinski definition) is 7. The summed E-state index contributed by atoms with van der Waals surface area (Å²) in [5.74, 6) is -0.490. The zero-order chi connectivity index (χ0) is 26.8. The first-order valence-electron chi connectivity index (χ1n) is 12.4. The number of nitrogens with zero attached hydrogens (tertiary/aromatic N) is 1. The minimum Gasteiger partial charge on any atom is -0.493 e. The number of hydrogen-bond donors (Lipinski definition) is 0. The molecule has 2 heterocycles. The smallest absolute Gasteiger partial charge is 0.203 e. The van der Waals surface area contributed by atoms with Gasteiger partial charge in [-0.15, -0.1) is 0 Å². The Morgan fingerprint density at radius 1 is 0.816 bits per heavy atom. The molecule has 2 aliphatic heterocycles. The number of fused-ring (bicyclic) bond motifs is 5. The second kappa shape index (κ2) is 8.58. The number of para-hydroxylation sites is 1. The first-order valence-corrected chi connectivity index (χ1v) is 12.4. The molecule has 3 atom stereocenters. The number of ether oxygens (including phenoxy) is 3. The molecule has 0 bridgehead atoms. The van der Waals surface area contributed by atoms with Gasteiger partial charge in [0.2, 0.25) is 5.75 Å². The highest BCUT2D eigenvalue weighted by atomic mass is 16.5. The fourth-order valence-corrected chi connectivity index (χ4v) is 6.78. The van der Waals surface area contributed by atoms with Gasteiger partial charge in [0.15, 0.2) is 28.8 Å². The van der Waals surface area contributed by atoms with E-state index in [4.69, 9.17) is 14.2 Å². The Labute approximate surface area is 220 Å². The lowest BCUT2D eigenvalue weighted by molar-refractivity contribution is -0.118. The third-order valence-corrected chi connectivity index (χ3v) is 8.20. The van der Waals surface area contributed by atoms with Gasteiger partial charge in [-0.05, 0) is 24.6 Å². The molecule has 3 aromatic rings. The summed E-state index contributed by atoms with van der Waals surface area (Å²) in [4.78, 5) is 44.6. The number of Topliss-reactive ketones (excluding diaryl/α,β-unsaturated/α-hetero) is 3. The topological polar surface area (TPSA) is 82.1 Å². The van der Waals surface area contributed by atoms with Crippen molar-refractivity contribution in [1.29, 1.82) is 0 Å². The third-order valence-electron chi connectivity index (χ3n) is 8.20. The van der Waals surface area contributed by atoms with Gasteiger partial charge >= 0.3 is 0 Å². The summed E-state index contributed by atoms with van der Waals surface area (Å²) in [7, 11) is 4.52. The molecule has 1 fully saturated rings. The lowest BCUT2D eigenvalue weighted by Gasteiger charge is -2.37. The lowest BCUT2D eigenvalue weighted by atomic mass is 9.64. The Morgan fingerprint density at radius 3 is 2.05 bits per heavy atom. The molecule has 6 rings (SSSR count). The van der Waals surface area contributed by atoms with Crippen LogP contribution in [-0.4, -0.2) is 50.8 Å². The van der Waals surface area contributed by atoms with Crippen LogP contribution in [0, 0.1) is 5.41 Å². The number of ketones is 3. The van der Waals surface area contributed by atoms with Gasteiger partial charge in [-0.2, -0.15) is 0 Å². The van der Waals surface area contributed by atoms with Crippen molar-refractivity contribution >= 4 is 29.1 Å². The zero-order valence-corrected chi connectivity index (χ0v) is 21.6. The number of benzene rings is 3.